The first-order valence-electron chi connectivity index (χ1n) is 10.9. The van der Waals surface area contributed by atoms with E-state index in [0.29, 0.717) is 55.7 Å². The molecule has 176 valence electrons. The number of phenolic OH excluding ortho intramolecular Hbond substituents is 1. The van der Waals surface area contributed by atoms with Crippen LogP contribution in [0.5, 0.6) is 23.0 Å². The molecular formula is C24H29N3O6. The van der Waals surface area contributed by atoms with E-state index in [0.717, 1.165) is 5.69 Å². The molecule has 9 heteroatoms. The van der Waals surface area contributed by atoms with Gasteiger partial charge in [0, 0.05) is 51.3 Å². The summed E-state index contributed by atoms with van der Waals surface area (Å²) in [5, 5.41) is 10.1. The molecule has 0 bridgehead atoms. The summed E-state index contributed by atoms with van der Waals surface area (Å²) < 4.78 is 16.2. The van der Waals surface area contributed by atoms with Crippen LogP contribution < -0.4 is 24.0 Å². The molecule has 0 aromatic heterocycles. The molecule has 4 rings (SSSR count). The number of aromatic hydroxyl groups is 1. The third-order valence-electron chi connectivity index (χ3n) is 6.25. The molecule has 2 saturated heterocycles. The minimum absolute atomic E-state index is 0.0183. The van der Waals surface area contributed by atoms with Crippen LogP contribution in [0.3, 0.4) is 0 Å². The lowest BCUT2D eigenvalue weighted by molar-refractivity contribution is -0.136. The number of nitrogens with zero attached hydrogens (tertiary/aromatic N) is 3. The van der Waals surface area contributed by atoms with Gasteiger partial charge < -0.3 is 34.0 Å². The van der Waals surface area contributed by atoms with E-state index in [9.17, 15) is 14.7 Å². The first-order chi connectivity index (χ1) is 16.0. The third kappa shape index (κ3) is 4.35. The van der Waals surface area contributed by atoms with Crippen LogP contribution in [0.25, 0.3) is 0 Å². The van der Waals surface area contributed by atoms with E-state index >= 15 is 0 Å². The maximum absolute atomic E-state index is 13.2. The van der Waals surface area contributed by atoms with Crippen LogP contribution in [0.2, 0.25) is 0 Å². The lowest BCUT2D eigenvalue weighted by atomic mass is 10.1. The first-order valence-corrected chi connectivity index (χ1v) is 10.9. The van der Waals surface area contributed by atoms with Crippen molar-refractivity contribution >= 4 is 23.2 Å². The minimum Gasteiger partial charge on any atom is -0.506 e. The van der Waals surface area contributed by atoms with Crippen molar-refractivity contribution in [1.82, 2.24) is 4.90 Å². The Bertz CT molecular complexity index is 1010. The van der Waals surface area contributed by atoms with Crippen LogP contribution in [-0.4, -0.2) is 75.9 Å². The summed E-state index contributed by atoms with van der Waals surface area (Å²) in [6.07, 6.45) is 0.162. The Morgan fingerprint density at radius 3 is 2.18 bits per heavy atom. The summed E-state index contributed by atoms with van der Waals surface area (Å²) in [7, 11) is 4.57. The number of methoxy groups -OCH3 is 3. The van der Waals surface area contributed by atoms with Gasteiger partial charge in [-0.3, -0.25) is 9.59 Å². The molecule has 0 radical (unpaired) electrons. The van der Waals surface area contributed by atoms with E-state index < -0.39 is 5.92 Å². The fourth-order valence-electron chi connectivity index (χ4n) is 4.50. The average Bonchev–Trinajstić information content (AvgIpc) is 3.24. The number of benzene rings is 2. The van der Waals surface area contributed by atoms with E-state index in [2.05, 4.69) is 4.90 Å². The molecule has 2 fully saturated rings. The lowest BCUT2D eigenvalue weighted by Crippen LogP contribution is -2.50. The van der Waals surface area contributed by atoms with Crippen molar-refractivity contribution in [3.63, 3.8) is 0 Å². The molecule has 1 N–H and O–H groups in total. The number of piperazine rings is 1. The molecule has 33 heavy (non-hydrogen) atoms. The highest BCUT2D eigenvalue weighted by atomic mass is 16.5. The number of hydrogen-bond donors (Lipinski definition) is 1. The van der Waals surface area contributed by atoms with Gasteiger partial charge in [0.2, 0.25) is 17.6 Å². The summed E-state index contributed by atoms with van der Waals surface area (Å²) in [5.74, 6) is 1.05. The minimum atomic E-state index is -0.409. The van der Waals surface area contributed by atoms with Gasteiger partial charge in [0.25, 0.3) is 0 Å². The predicted octanol–water partition coefficient (Wildman–Crippen LogP) is 2.12. The second kappa shape index (κ2) is 9.48. The highest BCUT2D eigenvalue weighted by molar-refractivity contribution is 6.00. The number of carbonyl (C=O) groups is 2. The van der Waals surface area contributed by atoms with Gasteiger partial charge in [-0.1, -0.05) is 12.1 Å². The molecule has 2 aromatic carbocycles. The lowest BCUT2D eigenvalue weighted by Gasteiger charge is -2.37. The Labute approximate surface area is 193 Å². The van der Waals surface area contributed by atoms with Gasteiger partial charge in [-0.05, 0) is 12.1 Å². The molecule has 0 spiro atoms. The van der Waals surface area contributed by atoms with Crippen molar-refractivity contribution in [2.24, 2.45) is 5.92 Å². The summed E-state index contributed by atoms with van der Waals surface area (Å²) in [4.78, 5) is 31.5. The number of amides is 2. The van der Waals surface area contributed by atoms with Gasteiger partial charge in [0.1, 0.15) is 5.75 Å². The monoisotopic (exact) mass is 455 g/mol. The van der Waals surface area contributed by atoms with Gasteiger partial charge in [0.15, 0.2) is 11.5 Å². The van der Waals surface area contributed by atoms with Gasteiger partial charge in [-0.15, -0.1) is 0 Å². The van der Waals surface area contributed by atoms with Crippen molar-refractivity contribution in [3.05, 3.63) is 36.4 Å². The number of rotatable bonds is 6. The maximum Gasteiger partial charge on any atom is 0.228 e. The normalized spacial score (nSPS) is 18.5. The largest absolute Gasteiger partial charge is 0.506 e. The number of phenols is 1. The van der Waals surface area contributed by atoms with Crippen LogP contribution in [0.4, 0.5) is 11.4 Å². The van der Waals surface area contributed by atoms with Crippen LogP contribution in [0, 0.1) is 5.92 Å². The zero-order valence-corrected chi connectivity index (χ0v) is 19.1. The van der Waals surface area contributed by atoms with Crippen molar-refractivity contribution < 1.29 is 28.9 Å². The zero-order valence-electron chi connectivity index (χ0n) is 19.1. The third-order valence-corrected chi connectivity index (χ3v) is 6.25. The van der Waals surface area contributed by atoms with E-state index in [1.807, 2.05) is 17.0 Å². The van der Waals surface area contributed by atoms with Gasteiger partial charge >= 0.3 is 0 Å². The first kappa shape index (κ1) is 22.6. The van der Waals surface area contributed by atoms with Crippen molar-refractivity contribution in [2.75, 3.05) is 63.9 Å². The predicted molar refractivity (Wildman–Crippen MR) is 123 cm³/mol. The Morgan fingerprint density at radius 2 is 1.61 bits per heavy atom. The van der Waals surface area contributed by atoms with Gasteiger partial charge in [-0.25, -0.2) is 0 Å². The van der Waals surface area contributed by atoms with Crippen LogP contribution >= 0.6 is 0 Å². The van der Waals surface area contributed by atoms with Crippen molar-refractivity contribution in [2.45, 2.75) is 6.42 Å². The molecule has 2 aromatic rings. The Kier molecular flexibility index (Phi) is 6.48. The van der Waals surface area contributed by atoms with Crippen LogP contribution in [0.15, 0.2) is 36.4 Å². The van der Waals surface area contributed by atoms with E-state index in [4.69, 9.17) is 14.2 Å². The van der Waals surface area contributed by atoms with Crippen molar-refractivity contribution in [3.8, 4) is 23.0 Å². The maximum atomic E-state index is 13.2. The number of hydrogen-bond acceptors (Lipinski definition) is 7. The molecule has 1 atom stereocenters. The van der Waals surface area contributed by atoms with Gasteiger partial charge in [0.05, 0.1) is 38.6 Å². The Morgan fingerprint density at radius 1 is 0.970 bits per heavy atom. The number of carbonyl (C=O) groups excluding carboxylic acids is 2. The topological polar surface area (TPSA) is 91.8 Å². The van der Waals surface area contributed by atoms with E-state index in [1.54, 1.807) is 29.2 Å². The number of ether oxygens (including phenoxy) is 3. The van der Waals surface area contributed by atoms with E-state index in [1.165, 1.54) is 21.3 Å². The molecule has 2 amide bonds. The molecular weight excluding hydrogens is 426 g/mol. The number of para-hydroxylation sites is 2. The number of anilines is 2. The Balaban J connectivity index is 1.43. The standard InChI is InChI=1S/C24H29N3O6/c1-31-20-13-17(14-21(32-2)23(20)33-3)27-15-16(12-22(27)29)24(30)26-10-8-25(9-11-26)18-6-4-5-7-19(18)28/h4-7,13-14,16,28H,8-12,15H2,1-3H3. The molecule has 9 nitrogen and oxygen atoms in total. The highest BCUT2D eigenvalue weighted by Gasteiger charge is 2.38. The second-order valence-corrected chi connectivity index (χ2v) is 8.09. The molecule has 1 unspecified atom stereocenters. The molecule has 0 saturated carbocycles. The summed E-state index contributed by atoms with van der Waals surface area (Å²) in [6.45, 7) is 2.64. The fraction of sp³-hybridized carbons (Fsp3) is 0.417. The molecule has 2 aliphatic heterocycles. The molecule has 0 aliphatic carbocycles. The van der Waals surface area contributed by atoms with Crippen LogP contribution in [0.1, 0.15) is 6.42 Å². The second-order valence-electron chi connectivity index (χ2n) is 8.09. The van der Waals surface area contributed by atoms with Crippen molar-refractivity contribution in [1.29, 1.82) is 0 Å². The Hall–Kier alpha value is -3.62. The van der Waals surface area contributed by atoms with E-state index in [-0.39, 0.29) is 24.0 Å². The summed E-state index contributed by atoms with van der Waals surface area (Å²) in [6, 6.07) is 10.6. The fourth-order valence-corrected chi connectivity index (χ4v) is 4.50. The highest BCUT2D eigenvalue weighted by Crippen LogP contribution is 2.42. The summed E-state index contributed by atoms with van der Waals surface area (Å²) >= 11 is 0. The van der Waals surface area contributed by atoms with Gasteiger partial charge in [-0.2, -0.15) is 0 Å². The average molecular weight is 456 g/mol. The molecule has 2 aliphatic rings. The zero-order chi connectivity index (χ0) is 23.5. The SMILES string of the molecule is COc1cc(N2CC(C(=O)N3CCN(c4ccccc4O)CC3)CC2=O)cc(OC)c1OC. The smallest absolute Gasteiger partial charge is 0.228 e. The van der Waals surface area contributed by atoms with Crippen LogP contribution in [-0.2, 0) is 9.59 Å². The summed E-state index contributed by atoms with van der Waals surface area (Å²) in [5.41, 5.74) is 1.38. The molecule has 2 heterocycles. The quantitative estimate of drug-likeness (QED) is 0.713.